The van der Waals surface area contributed by atoms with Crippen molar-refractivity contribution in [3.05, 3.63) is 48.2 Å². The molecule has 2 aromatic rings. The molecule has 1 aliphatic heterocycles. The lowest BCUT2D eigenvalue weighted by atomic mass is 10.1. The van der Waals surface area contributed by atoms with E-state index in [2.05, 4.69) is 25.8 Å². The van der Waals surface area contributed by atoms with E-state index in [1.54, 1.807) is 12.3 Å². The van der Waals surface area contributed by atoms with Crippen LogP contribution in [0.4, 0.5) is 15.9 Å². The first-order valence-corrected chi connectivity index (χ1v) is 7.12. The van der Waals surface area contributed by atoms with Gasteiger partial charge in [-0.1, -0.05) is 0 Å². The molecule has 5 nitrogen and oxygen atoms in total. The minimum absolute atomic E-state index is 0.298. The Bertz CT molecular complexity index is 697. The zero-order valence-electron chi connectivity index (χ0n) is 12.3. The van der Waals surface area contributed by atoms with Crippen molar-refractivity contribution in [2.45, 2.75) is 12.5 Å². The van der Waals surface area contributed by atoms with Gasteiger partial charge < -0.3 is 9.80 Å². The van der Waals surface area contributed by atoms with Gasteiger partial charge in [0.15, 0.2) is 0 Å². The maximum Gasteiger partial charge on any atom is 0.131 e. The minimum atomic E-state index is -0.380. The van der Waals surface area contributed by atoms with Crippen LogP contribution in [0.3, 0.4) is 0 Å². The summed E-state index contributed by atoms with van der Waals surface area (Å²) in [6.45, 7) is 1.61. The fourth-order valence-electron chi connectivity index (χ4n) is 2.83. The van der Waals surface area contributed by atoms with Crippen LogP contribution in [0.25, 0.3) is 0 Å². The van der Waals surface area contributed by atoms with E-state index in [0.717, 1.165) is 31.0 Å². The van der Waals surface area contributed by atoms with Gasteiger partial charge in [0.05, 0.1) is 11.3 Å². The van der Waals surface area contributed by atoms with E-state index in [-0.39, 0.29) is 5.82 Å². The summed E-state index contributed by atoms with van der Waals surface area (Å²) >= 11 is 0. The normalized spacial score (nSPS) is 17.3. The summed E-state index contributed by atoms with van der Waals surface area (Å²) in [7, 11) is 2.01. The van der Waals surface area contributed by atoms with Crippen molar-refractivity contribution in [2.75, 3.05) is 29.9 Å². The summed E-state index contributed by atoms with van der Waals surface area (Å²) < 4.78 is 13.3. The van der Waals surface area contributed by atoms with Gasteiger partial charge >= 0.3 is 0 Å². The average molecular weight is 297 g/mol. The van der Waals surface area contributed by atoms with Gasteiger partial charge in [-0.25, -0.2) is 14.4 Å². The third kappa shape index (κ3) is 2.70. The highest BCUT2D eigenvalue weighted by molar-refractivity contribution is 5.60. The molecule has 0 bridgehead atoms. The van der Waals surface area contributed by atoms with Crippen LogP contribution in [-0.2, 0) is 0 Å². The number of likely N-dealkylation sites (N-methyl/N-ethyl adjacent to an activating group) is 1. The molecule has 0 aliphatic carbocycles. The van der Waals surface area contributed by atoms with E-state index < -0.39 is 0 Å². The Morgan fingerprint density at radius 1 is 1.41 bits per heavy atom. The molecule has 2 heterocycles. The quantitative estimate of drug-likeness (QED) is 0.869. The van der Waals surface area contributed by atoms with Gasteiger partial charge in [-0.3, -0.25) is 0 Å². The summed E-state index contributed by atoms with van der Waals surface area (Å²) in [6, 6.07) is 8.62. The Hall–Kier alpha value is -2.68. The van der Waals surface area contributed by atoms with E-state index in [9.17, 15) is 9.65 Å². The number of halogens is 1. The number of benzene rings is 1. The Balaban J connectivity index is 1.77. The second-order valence-corrected chi connectivity index (χ2v) is 5.34. The highest BCUT2D eigenvalue weighted by Crippen LogP contribution is 2.27. The van der Waals surface area contributed by atoms with Crippen LogP contribution < -0.4 is 9.80 Å². The second-order valence-electron chi connectivity index (χ2n) is 5.34. The zero-order chi connectivity index (χ0) is 15.5. The molecule has 0 amide bonds. The molecule has 1 aromatic heterocycles. The van der Waals surface area contributed by atoms with Crippen LogP contribution >= 0.6 is 0 Å². The van der Waals surface area contributed by atoms with Gasteiger partial charge in [0.1, 0.15) is 24.0 Å². The highest BCUT2D eigenvalue weighted by atomic mass is 19.1. The van der Waals surface area contributed by atoms with Gasteiger partial charge in [-0.05, 0) is 30.7 Å². The minimum Gasteiger partial charge on any atom is -0.368 e. The number of hydrogen-bond donors (Lipinski definition) is 0. The Morgan fingerprint density at radius 3 is 3.00 bits per heavy atom. The molecular weight excluding hydrogens is 281 g/mol. The van der Waals surface area contributed by atoms with E-state index >= 15 is 0 Å². The lowest BCUT2D eigenvalue weighted by Crippen LogP contribution is -2.35. The van der Waals surface area contributed by atoms with Crippen molar-refractivity contribution in [1.82, 2.24) is 9.97 Å². The SMILES string of the molecule is CN(c1ccncn1)C1CCN(c2ccc(F)cc2C#N)C1. The molecule has 112 valence electrons. The topological polar surface area (TPSA) is 56.1 Å². The molecule has 3 rings (SSSR count). The predicted molar refractivity (Wildman–Crippen MR) is 82.2 cm³/mol. The molecule has 0 N–H and O–H groups in total. The predicted octanol–water partition coefficient (Wildman–Crippen LogP) is 2.20. The summed E-state index contributed by atoms with van der Waals surface area (Å²) in [4.78, 5) is 12.4. The summed E-state index contributed by atoms with van der Waals surface area (Å²) in [6.07, 6.45) is 4.22. The lowest BCUT2D eigenvalue weighted by Gasteiger charge is -2.26. The average Bonchev–Trinajstić information content (AvgIpc) is 3.04. The Morgan fingerprint density at radius 2 is 2.27 bits per heavy atom. The molecule has 1 saturated heterocycles. The van der Waals surface area contributed by atoms with Gasteiger partial charge in [0, 0.05) is 32.4 Å². The monoisotopic (exact) mass is 297 g/mol. The number of hydrogen-bond acceptors (Lipinski definition) is 5. The third-order valence-corrected chi connectivity index (χ3v) is 4.06. The van der Waals surface area contributed by atoms with Crippen molar-refractivity contribution in [3.63, 3.8) is 0 Å². The van der Waals surface area contributed by atoms with Gasteiger partial charge in [-0.2, -0.15) is 5.26 Å². The molecule has 0 spiro atoms. The van der Waals surface area contributed by atoms with Gasteiger partial charge in [0.2, 0.25) is 0 Å². The van der Waals surface area contributed by atoms with E-state index in [1.807, 2.05) is 13.1 Å². The van der Waals surface area contributed by atoms with Crippen LogP contribution in [0.1, 0.15) is 12.0 Å². The van der Waals surface area contributed by atoms with Crippen LogP contribution in [0.15, 0.2) is 36.8 Å². The van der Waals surface area contributed by atoms with Crippen LogP contribution in [-0.4, -0.2) is 36.1 Å². The van der Waals surface area contributed by atoms with Crippen molar-refractivity contribution in [1.29, 1.82) is 5.26 Å². The van der Waals surface area contributed by atoms with Crippen LogP contribution in [0.5, 0.6) is 0 Å². The molecule has 22 heavy (non-hydrogen) atoms. The van der Waals surface area contributed by atoms with Crippen molar-refractivity contribution >= 4 is 11.5 Å². The number of aromatic nitrogens is 2. The first kappa shape index (κ1) is 14.3. The molecule has 6 heteroatoms. The van der Waals surface area contributed by atoms with E-state index in [0.29, 0.717) is 11.6 Å². The highest BCUT2D eigenvalue weighted by Gasteiger charge is 2.28. The van der Waals surface area contributed by atoms with Crippen molar-refractivity contribution in [3.8, 4) is 6.07 Å². The van der Waals surface area contributed by atoms with Crippen molar-refractivity contribution < 1.29 is 4.39 Å². The lowest BCUT2D eigenvalue weighted by molar-refractivity contribution is 0.627. The summed E-state index contributed by atoms with van der Waals surface area (Å²) in [5, 5.41) is 9.19. The molecular formula is C16H16FN5. The summed E-state index contributed by atoms with van der Waals surface area (Å²) in [5.41, 5.74) is 1.17. The van der Waals surface area contributed by atoms with Gasteiger partial charge in [0.25, 0.3) is 0 Å². The number of nitrogens with zero attached hydrogens (tertiary/aromatic N) is 5. The molecule has 1 aliphatic rings. The Labute approximate surface area is 128 Å². The maximum absolute atomic E-state index is 13.3. The molecule has 1 aromatic carbocycles. The smallest absolute Gasteiger partial charge is 0.131 e. The van der Waals surface area contributed by atoms with E-state index in [1.165, 1.54) is 18.5 Å². The fourth-order valence-corrected chi connectivity index (χ4v) is 2.83. The second kappa shape index (κ2) is 5.98. The Kier molecular flexibility index (Phi) is 3.88. The van der Waals surface area contributed by atoms with Crippen molar-refractivity contribution in [2.24, 2.45) is 0 Å². The molecule has 0 saturated carbocycles. The largest absolute Gasteiger partial charge is 0.368 e. The molecule has 1 atom stereocenters. The van der Waals surface area contributed by atoms with Gasteiger partial charge in [-0.15, -0.1) is 0 Å². The van der Waals surface area contributed by atoms with E-state index in [4.69, 9.17) is 0 Å². The van der Waals surface area contributed by atoms with Crippen LogP contribution in [0, 0.1) is 17.1 Å². The zero-order valence-corrected chi connectivity index (χ0v) is 12.3. The first-order chi connectivity index (χ1) is 10.7. The standard InChI is InChI=1S/C16H16FN5/c1-21(16-4-6-19-11-20-16)14-5-7-22(10-14)15-3-2-13(17)8-12(15)9-18/h2-4,6,8,11,14H,5,7,10H2,1H3. The maximum atomic E-state index is 13.3. The number of nitriles is 1. The fraction of sp³-hybridized carbons (Fsp3) is 0.312. The third-order valence-electron chi connectivity index (χ3n) is 4.06. The molecule has 1 unspecified atom stereocenters. The van der Waals surface area contributed by atoms with Crippen LogP contribution in [0.2, 0.25) is 0 Å². The summed E-state index contributed by atoms with van der Waals surface area (Å²) in [5.74, 6) is 0.496. The number of rotatable bonds is 3. The molecule has 1 fully saturated rings. The first-order valence-electron chi connectivity index (χ1n) is 7.12. The number of anilines is 2. The molecule has 0 radical (unpaired) electrons.